The Bertz CT molecular complexity index is 368. The van der Waals surface area contributed by atoms with Crippen molar-refractivity contribution >= 4 is 44.8 Å². The van der Waals surface area contributed by atoms with Crippen LogP contribution in [-0.2, 0) is 0 Å². The zero-order chi connectivity index (χ0) is 12.9. The first-order valence-corrected chi connectivity index (χ1v) is 7.98. The van der Waals surface area contributed by atoms with Crippen LogP contribution in [0.2, 0.25) is 4.34 Å². The topological polar surface area (TPSA) is 29.1 Å². The third-order valence-electron chi connectivity index (χ3n) is 3.20. The quantitative estimate of drug-likeness (QED) is 0.768. The molecule has 0 aromatic carbocycles. The van der Waals surface area contributed by atoms with E-state index in [0.717, 1.165) is 18.2 Å². The maximum atomic E-state index is 11.9. The number of alkyl halides is 1. The van der Waals surface area contributed by atoms with E-state index in [1.807, 2.05) is 0 Å². The van der Waals surface area contributed by atoms with Crippen LogP contribution in [0.5, 0.6) is 0 Å². The van der Waals surface area contributed by atoms with E-state index in [1.54, 1.807) is 12.1 Å². The lowest BCUT2D eigenvalue weighted by atomic mass is 9.84. The average Bonchev–Trinajstić information content (AvgIpc) is 2.78. The largest absolute Gasteiger partial charge is 0.351 e. The molecule has 17 heavy (non-hydrogen) atoms. The Morgan fingerprint density at radius 2 is 2.12 bits per heavy atom. The number of hydrogen-bond donors (Lipinski definition) is 1. The molecule has 96 valence electrons. The molecule has 1 rings (SSSR count). The summed E-state index contributed by atoms with van der Waals surface area (Å²) >= 11 is 10.7. The zero-order valence-corrected chi connectivity index (χ0v) is 13.2. The monoisotopic (exact) mass is 337 g/mol. The van der Waals surface area contributed by atoms with Gasteiger partial charge in [0.25, 0.3) is 5.91 Å². The van der Waals surface area contributed by atoms with Crippen molar-refractivity contribution in [3.8, 4) is 0 Å². The van der Waals surface area contributed by atoms with Gasteiger partial charge in [0.2, 0.25) is 0 Å². The second kappa shape index (κ2) is 6.76. The Hall–Kier alpha value is -0.0600. The Kier molecular flexibility index (Phi) is 5.97. The second-order valence-electron chi connectivity index (χ2n) is 4.13. The average molecular weight is 339 g/mol. The first-order valence-electron chi connectivity index (χ1n) is 5.66. The van der Waals surface area contributed by atoms with Gasteiger partial charge in [0.05, 0.1) is 9.21 Å². The lowest BCUT2D eigenvalue weighted by Crippen LogP contribution is -2.37. The van der Waals surface area contributed by atoms with Crippen molar-refractivity contribution in [3.05, 3.63) is 21.3 Å². The van der Waals surface area contributed by atoms with Gasteiger partial charge in [-0.3, -0.25) is 4.79 Å². The zero-order valence-electron chi connectivity index (χ0n) is 10.1. The minimum absolute atomic E-state index is 0.0332. The molecule has 0 saturated carbocycles. The van der Waals surface area contributed by atoms with Gasteiger partial charge in [-0.25, -0.2) is 0 Å². The van der Waals surface area contributed by atoms with E-state index >= 15 is 0 Å². The molecule has 0 atom stereocenters. The van der Waals surface area contributed by atoms with E-state index in [2.05, 4.69) is 35.1 Å². The predicted octanol–water partition coefficient (Wildman–Crippen LogP) is 4.33. The first-order chi connectivity index (χ1) is 8.06. The SMILES string of the molecule is CCC(CC)(CBr)CNC(=O)c1ccc(Cl)s1. The summed E-state index contributed by atoms with van der Waals surface area (Å²) in [6.45, 7) is 5.00. The standard InChI is InChI=1S/C12H17BrClNOS/c1-3-12(4-2,7-13)8-15-11(16)9-5-6-10(14)17-9/h5-6H,3-4,7-8H2,1-2H3,(H,15,16). The molecule has 0 bridgehead atoms. The Labute approximate surface area is 120 Å². The van der Waals surface area contributed by atoms with Gasteiger partial charge < -0.3 is 5.32 Å². The minimum atomic E-state index is -0.0332. The van der Waals surface area contributed by atoms with E-state index in [1.165, 1.54) is 11.3 Å². The van der Waals surface area contributed by atoms with Gasteiger partial charge in [0, 0.05) is 11.9 Å². The van der Waals surface area contributed by atoms with Gasteiger partial charge in [-0.15, -0.1) is 11.3 Å². The molecule has 1 amide bonds. The maximum Gasteiger partial charge on any atom is 0.261 e. The van der Waals surface area contributed by atoms with Crippen LogP contribution in [0.1, 0.15) is 36.4 Å². The molecule has 1 aromatic rings. The van der Waals surface area contributed by atoms with Crippen LogP contribution in [0.4, 0.5) is 0 Å². The van der Waals surface area contributed by atoms with Crippen molar-refractivity contribution in [2.45, 2.75) is 26.7 Å². The highest BCUT2D eigenvalue weighted by atomic mass is 79.9. The van der Waals surface area contributed by atoms with Crippen molar-refractivity contribution in [2.24, 2.45) is 5.41 Å². The Morgan fingerprint density at radius 3 is 2.53 bits per heavy atom. The highest BCUT2D eigenvalue weighted by molar-refractivity contribution is 9.09. The molecule has 1 aromatic heterocycles. The fourth-order valence-corrected chi connectivity index (χ4v) is 3.48. The van der Waals surface area contributed by atoms with Gasteiger partial charge in [-0.2, -0.15) is 0 Å². The smallest absolute Gasteiger partial charge is 0.261 e. The lowest BCUT2D eigenvalue weighted by molar-refractivity contribution is 0.0936. The predicted molar refractivity (Wildman–Crippen MR) is 78.5 cm³/mol. The summed E-state index contributed by atoms with van der Waals surface area (Å²) in [7, 11) is 0. The number of nitrogens with one attached hydrogen (secondary N) is 1. The fourth-order valence-electron chi connectivity index (χ4n) is 1.53. The molecular weight excluding hydrogens is 322 g/mol. The summed E-state index contributed by atoms with van der Waals surface area (Å²) < 4.78 is 0.646. The molecule has 0 fully saturated rings. The van der Waals surface area contributed by atoms with Crippen molar-refractivity contribution in [3.63, 3.8) is 0 Å². The number of amides is 1. The van der Waals surface area contributed by atoms with Crippen LogP contribution in [0.25, 0.3) is 0 Å². The van der Waals surface area contributed by atoms with E-state index in [9.17, 15) is 4.79 Å². The van der Waals surface area contributed by atoms with Crippen LogP contribution < -0.4 is 5.32 Å². The van der Waals surface area contributed by atoms with E-state index in [0.29, 0.717) is 15.8 Å². The summed E-state index contributed by atoms with van der Waals surface area (Å²) in [5.74, 6) is -0.0332. The van der Waals surface area contributed by atoms with Crippen molar-refractivity contribution in [1.29, 1.82) is 0 Å². The second-order valence-corrected chi connectivity index (χ2v) is 6.40. The number of thiophene rings is 1. The molecule has 1 heterocycles. The number of rotatable bonds is 6. The number of carbonyl (C=O) groups excluding carboxylic acids is 1. The summed E-state index contributed by atoms with van der Waals surface area (Å²) in [5, 5.41) is 3.89. The van der Waals surface area contributed by atoms with Gasteiger partial charge in [-0.05, 0) is 30.4 Å². The number of carbonyl (C=O) groups is 1. The molecule has 5 heteroatoms. The van der Waals surface area contributed by atoms with Crippen molar-refractivity contribution < 1.29 is 4.79 Å². The van der Waals surface area contributed by atoms with Crippen LogP contribution in [0, 0.1) is 5.41 Å². The Balaban J connectivity index is 2.58. The van der Waals surface area contributed by atoms with E-state index in [4.69, 9.17) is 11.6 Å². The van der Waals surface area contributed by atoms with Crippen LogP contribution >= 0.6 is 38.9 Å². The third kappa shape index (κ3) is 3.97. The molecule has 2 nitrogen and oxygen atoms in total. The van der Waals surface area contributed by atoms with Crippen molar-refractivity contribution in [1.82, 2.24) is 5.32 Å². The number of halogens is 2. The van der Waals surface area contributed by atoms with Gasteiger partial charge in [0.1, 0.15) is 0 Å². The van der Waals surface area contributed by atoms with Gasteiger partial charge >= 0.3 is 0 Å². The van der Waals surface area contributed by atoms with Crippen LogP contribution in [-0.4, -0.2) is 17.8 Å². The third-order valence-corrected chi connectivity index (χ3v) is 5.62. The molecule has 0 aliphatic heterocycles. The highest BCUT2D eigenvalue weighted by Crippen LogP contribution is 2.28. The van der Waals surface area contributed by atoms with Crippen molar-refractivity contribution in [2.75, 3.05) is 11.9 Å². The molecular formula is C12H17BrClNOS. The molecule has 0 aliphatic rings. The summed E-state index contributed by atoms with van der Waals surface area (Å²) in [6.07, 6.45) is 2.08. The Morgan fingerprint density at radius 1 is 1.47 bits per heavy atom. The molecule has 0 saturated heterocycles. The fraction of sp³-hybridized carbons (Fsp3) is 0.583. The van der Waals surface area contributed by atoms with Gasteiger partial charge in [0.15, 0.2) is 0 Å². The summed E-state index contributed by atoms with van der Waals surface area (Å²) in [4.78, 5) is 12.5. The molecule has 0 unspecified atom stereocenters. The van der Waals surface area contributed by atoms with Crippen LogP contribution in [0.15, 0.2) is 12.1 Å². The van der Waals surface area contributed by atoms with Gasteiger partial charge in [-0.1, -0.05) is 41.4 Å². The first kappa shape index (κ1) is 15.0. The maximum absolute atomic E-state index is 11.9. The number of hydrogen-bond acceptors (Lipinski definition) is 2. The lowest BCUT2D eigenvalue weighted by Gasteiger charge is -2.29. The van der Waals surface area contributed by atoms with Crippen LogP contribution in [0.3, 0.4) is 0 Å². The molecule has 0 aliphatic carbocycles. The summed E-state index contributed by atoms with van der Waals surface area (Å²) in [5.41, 5.74) is 0.150. The summed E-state index contributed by atoms with van der Waals surface area (Å²) in [6, 6.07) is 3.51. The van der Waals surface area contributed by atoms with E-state index in [-0.39, 0.29) is 11.3 Å². The molecule has 1 N–H and O–H groups in total. The molecule has 0 radical (unpaired) electrons. The normalized spacial score (nSPS) is 11.5. The highest BCUT2D eigenvalue weighted by Gasteiger charge is 2.25. The van der Waals surface area contributed by atoms with E-state index < -0.39 is 0 Å². The minimum Gasteiger partial charge on any atom is -0.351 e. The molecule has 0 spiro atoms.